The summed E-state index contributed by atoms with van der Waals surface area (Å²) >= 11 is 6.98. The molecule has 2 N–H and O–H groups in total. The molecule has 0 radical (unpaired) electrons. The first-order valence-electron chi connectivity index (χ1n) is 8.06. The first kappa shape index (κ1) is 19.9. The third kappa shape index (κ3) is 4.16. The van der Waals surface area contributed by atoms with Crippen molar-refractivity contribution < 1.29 is 24.5 Å². The number of aliphatic hydroxyl groups excluding tert-OH is 1. The molecule has 0 bridgehead atoms. The topological polar surface area (TPSA) is 88.4 Å². The van der Waals surface area contributed by atoms with Gasteiger partial charge < -0.3 is 19.7 Å². The van der Waals surface area contributed by atoms with Crippen LogP contribution in [0.3, 0.4) is 0 Å². The van der Waals surface area contributed by atoms with Crippen LogP contribution in [0.1, 0.15) is 5.56 Å². The molecule has 144 valence electrons. The lowest BCUT2D eigenvalue weighted by atomic mass is 10.1. The van der Waals surface area contributed by atoms with Crippen molar-refractivity contribution in [3.63, 3.8) is 0 Å². The van der Waals surface area contributed by atoms with E-state index in [9.17, 15) is 15.0 Å². The number of benzene rings is 2. The number of hydrogen-bond donors (Lipinski definition) is 2. The number of thioether (sulfide) groups is 1. The molecule has 0 aliphatic carbocycles. The molecule has 3 rings (SSSR count). The summed E-state index contributed by atoms with van der Waals surface area (Å²) in [5.74, 6) is -0.499. The number of carbonyl (C=O) groups is 1. The zero-order valence-corrected chi connectivity index (χ0v) is 16.5. The molecule has 1 aliphatic rings. The van der Waals surface area contributed by atoms with E-state index < -0.39 is 5.97 Å². The predicted molar refractivity (Wildman–Crippen MR) is 110 cm³/mol. The number of halogens is 1. The van der Waals surface area contributed by atoms with Crippen LogP contribution < -0.4 is 4.74 Å². The first-order chi connectivity index (χ1) is 13.4. The second-order valence-corrected chi connectivity index (χ2v) is 7.11. The van der Waals surface area contributed by atoms with Gasteiger partial charge in [0.1, 0.15) is 27.9 Å². The summed E-state index contributed by atoms with van der Waals surface area (Å²) in [6.45, 7) is 0. The fraction of sp³-hybridized carbons (Fsp3) is 0.100. The Morgan fingerprint density at radius 1 is 1.14 bits per heavy atom. The highest BCUT2D eigenvalue weighted by atomic mass is 35.5. The van der Waals surface area contributed by atoms with Gasteiger partial charge in [-0.05, 0) is 42.5 Å². The van der Waals surface area contributed by atoms with Crippen LogP contribution in [-0.2, 0) is 9.53 Å². The van der Waals surface area contributed by atoms with Crippen LogP contribution in [0, 0.1) is 0 Å². The van der Waals surface area contributed by atoms with Crippen molar-refractivity contribution in [2.45, 2.75) is 0 Å². The Labute approximate surface area is 170 Å². The molecule has 0 aromatic heterocycles. The van der Waals surface area contributed by atoms with E-state index in [0.29, 0.717) is 26.9 Å². The largest absolute Gasteiger partial charge is 0.507 e. The number of esters is 1. The van der Waals surface area contributed by atoms with Crippen molar-refractivity contribution in [2.24, 2.45) is 4.99 Å². The van der Waals surface area contributed by atoms with Crippen molar-refractivity contribution in [1.82, 2.24) is 0 Å². The van der Waals surface area contributed by atoms with Gasteiger partial charge in [0.2, 0.25) is 0 Å². The average molecular weight is 418 g/mol. The van der Waals surface area contributed by atoms with Crippen molar-refractivity contribution in [2.75, 3.05) is 14.2 Å². The molecular formula is C20H16ClNO5S. The summed E-state index contributed by atoms with van der Waals surface area (Å²) in [6.07, 6.45) is 1.56. The minimum atomic E-state index is -0.708. The number of ether oxygens (including phenoxy) is 2. The van der Waals surface area contributed by atoms with Gasteiger partial charge in [0.15, 0.2) is 0 Å². The number of nitrogens with zero attached hydrogens (tertiary/aromatic N) is 1. The summed E-state index contributed by atoms with van der Waals surface area (Å²) in [5.41, 5.74) is 0.975. The molecule has 8 heteroatoms. The quantitative estimate of drug-likeness (QED) is 0.691. The standard InChI is InChI=1S/C20H16ClNO5S/c1-26-14-8-3-11(15(23)10-14)9-16-18(24)17(20(25)27-2)19(28-16)22-13-6-4-12(21)5-7-13/h3-10,23-24H,1-2H3/b16-9+,22-19?. The lowest BCUT2D eigenvalue weighted by Crippen LogP contribution is -2.10. The van der Waals surface area contributed by atoms with Gasteiger partial charge in [-0.15, -0.1) is 0 Å². The maximum atomic E-state index is 12.2. The fourth-order valence-electron chi connectivity index (χ4n) is 2.44. The number of aliphatic imine (C=N–C) groups is 1. The van der Waals surface area contributed by atoms with E-state index >= 15 is 0 Å². The molecule has 2 aromatic carbocycles. The molecule has 0 saturated carbocycles. The summed E-state index contributed by atoms with van der Waals surface area (Å²) in [5, 5.41) is 21.6. The van der Waals surface area contributed by atoms with E-state index in [1.165, 1.54) is 20.3 Å². The maximum Gasteiger partial charge on any atom is 0.344 e. The van der Waals surface area contributed by atoms with E-state index in [1.807, 2.05) is 0 Å². The molecular weight excluding hydrogens is 402 g/mol. The van der Waals surface area contributed by atoms with Crippen LogP contribution in [0.15, 0.2) is 63.7 Å². The number of phenolic OH excluding ortho intramolecular Hbond substituents is 1. The number of carbonyl (C=O) groups excluding carboxylic acids is 1. The molecule has 1 aliphatic heterocycles. The predicted octanol–water partition coefficient (Wildman–Crippen LogP) is 4.86. The summed E-state index contributed by atoms with van der Waals surface area (Å²) in [4.78, 5) is 17.0. The summed E-state index contributed by atoms with van der Waals surface area (Å²) in [7, 11) is 2.72. The molecule has 6 nitrogen and oxygen atoms in total. The van der Waals surface area contributed by atoms with Gasteiger partial charge in [0.25, 0.3) is 0 Å². The van der Waals surface area contributed by atoms with Crippen LogP contribution >= 0.6 is 23.4 Å². The number of hydrogen-bond acceptors (Lipinski definition) is 7. The van der Waals surface area contributed by atoms with E-state index in [2.05, 4.69) is 4.99 Å². The molecule has 0 fully saturated rings. The van der Waals surface area contributed by atoms with Gasteiger partial charge in [0, 0.05) is 16.7 Å². The SMILES string of the molecule is COC(=O)C1=C(O)/C(=C\c2ccc(OC)cc2O)SC1=Nc1ccc(Cl)cc1. The number of aliphatic hydroxyl groups is 1. The Bertz CT molecular complexity index is 1010. The second kappa shape index (κ2) is 8.41. The molecule has 28 heavy (non-hydrogen) atoms. The Morgan fingerprint density at radius 3 is 2.46 bits per heavy atom. The molecule has 0 unspecified atom stereocenters. The van der Waals surface area contributed by atoms with E-state index in [1.54, 1.807) is 42.5 Å². The van der Waals surface area contributed by atoms with Gasteiger partial charge >= 0.3 is 5.97 Å². The third-order valence-electron chi connectivity index (χ3n) is 3.86. The Kier molecular flexibility index (Phi) is 5.96. The lowest BCUT2D eigenvalue weighted by Gasteiger charge is -2.04. The lowest BCUT2D eigenvalue weighted by molar-refractivity contribution is -0.135. The number of methoxy groups -OCH3 is 2. The van der Waals surface area contributed by atoms with Crippen LogP contribution in [0.2, 0.25) is 5.02 Å². The molecule has 0 spiro atoms. The van der Waals surface area contributed by atoms with Crippen LogP contribution in [0.25, 0.3) is 6.08 Å². The van der Waals surface area contributed by atoms with Crippen molar-refractivity contribution in [3.05, 3.63) is 69.3 Å². The third-order valence-corrected chi connectivity index (χ3v) is 5.13. The average Bonchev–Trinajstić information content (AvgIpc) is 2.99. The normalized spacial score (nSPS) is 16.7. The smallest absolute Gasteiger partial charge is 0.344 e. The monoisotopic (exact) mass is 417 g/mol. The number of aromatic hydroxyl groups is 1. The highest BCUT2D eigenvalue weighted by Crippen LogP contribution is 2.41. The molecule has 1 heterocycles. The van der Waals surface area contributed by atoms with Crippen LogP contribution in [-0.4, -0.2) is 35.4 Å². The highest BCUT2D eigenvalue weighted by molar-refractivity contribution is 8.18. The van der Waals surface area contributed by atoms with Crippen LogP contribution in [0.4, 0.5) is 5.69 Å². The van der Waals surface area contributed by atoms with E-state index in [0.717, 1.165) is 11.8 Å². The van der Waals surface area contributed by atoms with Gasteiger partial charge in [0.05, 0.1) is 24.8 Å². The van der Waals surface area contributed by atoms with E-state index in [-0.39, 0.29) is 22.1 Å². The van der Waals surface area contributed by atoms with Gasteiger partial charge in [-0.2, -0.15) is 0 Å². The highest BCUT2D eigenvalue weighted by Gasteiger charge is 2.33. The number of phenols is 1. The molecule has 2 aromatic rings. The van der Waals surface area contributed by atoms with Gasteiger partial charge in [-0.25, -0.2) is 9.79 Å². The minimum absolute atomic E-state index is 0.0250. The number of rotatable bonds is 4. The van der Waals surface area contributed by atoms with Crippen molar-refractivity contribution >= 4 is 46.1 Å². The van der Waals surface area contributed by atoms with Crippen molar-refractivity contribution in [3.8, 4) is 11.5 Å². The summed E-state index contributed by atoms with van der Waals surface area (Å²) in [6, 6.07) is 11.5. The second-order valence-electron chi connectivity index (χ2n) is 5.64. The molecule has 0 saturated heterocycles. The van der Waals surface area contributed by atoms with Gasteiger partial charge in [-0.3, -0.25) is 0 Å². The first-order valence-corrected chi connectivity index (χ1v) is 9.25. The van der Waals surface area contributed by atoms with Crippen LogP contribution in [0.5, 0.6) is 11.5 Å². The molecule has 0 atom stereocenters. The Hall–Kier alpha value is -2.90. The minimum Gasteiger partial charge on any atom is -0.507 e. The summed E-state index contributed by atoms with van der Waals surface area (Å²) < 4.78 is 9.84. The zero-order valence-electron chi connectivity index (χ0n) is 15.0. The fourth-order valence-corrected chi connectivity index (χ4v) is 3.59. The Morgan fingerprint density at radius 2 is 1.86 bits per heavy atom. The van der Waals surface area contributed by atoms with E-state index in [4.69, 9.17) is 21.1 Å². The zero-order chi connectivity index (χ0) is 20.3. The Balaban J connectivity index is 2.03. The van der Waals surface area contributed by atoms with Gasteiger partial charge in [-0.1, -0.05) is 23.4 Å². The molecule has 0 amide bonds. The van der Waals surface area contributed by atoms with Crippen molar-refractivity contribution in [1.29, 1.82) is 0 Å². The maximum absolute atomic E-state index is 12.2.